The number of aliphatic hydroxyl groups is 1. The van der Waals surface area contributed by atoms with Gasteiger partial charge >= 0.3 is 0 Å². The van der Waals surface area contributed by atoms with Gasteiger partial charge in [-0.2, -0.15) is 0 Å². The minimum atomic E-state index is -0.486. The largest absolute Gasteiger partial charge is 0.388 e. The zero-order chi connectivity index (χ0) is 15.4. The fourth-order valence-corrected chi connectivity index (χ4v) is 3.75. The van der Waals surface area contributed by atoms with Crippen LogP contribution < -0.4 is 0 Å². The van der Waals surface area contributed by atoms with Crippen LogP contribution in [0.5, 0.6) is 0 Å². The average molecular weight is 322 g/mol. The van der Waals surface area contributed by atoms with Crippen molar-refractivity contribution < 1.29 is 5.11 Å². The fourth-order valence-electron chi connectivity index (χ4n) is 3.43. The van der Waals surface area contributed by atoms with Crippen LogP contribution in [-0.4, -0.2) is 69.5 Å². The molecule has 0 radical (unpaired) electrons. The molecule has 122 valence electrons. The molecule has 22 heavy (non-hydrogen) atoms. The van der Waals surface area contributed by atoms with Crippen molar-refractivity contribution in [3.8, 4) is 0 Å². The maximum Gasteiger partial charge on any atom is 0.187 e. The summed E-state index contributed by atoms with van der Waals surface area (Å²) in [5, 5.41) is 11.6. The molecule has 0 bridgehead atoms. The topological polar surface area (TPSA) is 52.5 Å². The number of piperidine rings is 1. The van der Waals surface area contributed by atoms with Crippen molar-refractivity contribution in [3.63, 3.8) is 0 Å². The predicted molar refractivity (Wildman–Crippen MR) is 88.9 cm³/mol. The van der Waals surface area contributed by atoms with Crippen molar-refractivity contribution in [2.75, 3.05) is 39.0 Å². The highest BCUT2D eigenvalue weighted by Crippen LogP contribution is 2.25. The molecule has 2 aliphatic rings. The van der Waals surface area contributed by atoms with Crippen molar-refractivity contribution >= 4 is 11.8 Å². The van der Waals surface area contributed by atoms with E-state index in [9.17, 15) is 5.11 Å². The molecule has 0 aliphatic carbocycles. The van der Waals surface area contributed by atoms with Gasteiger partial charge in [0.2, 0.25) is 0 Å². The quantitative estimate of drug-likeness (QED) is 0.657. The standard InChI is InChI=1S/C16H26N4OS/c1-22-15-17-10-14(11-18-15)12-19-8-4-16(21,5-9-19)13-20-6-2-3-7-20/h10-11,21H,2-9,12-13H2,1H3. The second kappa shape index (κ2) is 7.25. The summed E-state index contributed by atoms with van der Waals surface area (Å²) in [6.45, 7) is 5.96. The summed E-state index contributed by atoms with van der Waals surface area (Å²) in [5.74, 6) is 0. The van der Waals surface area contributed by atoms with E-state index in [0.29, 0.717) is 0 Å². The van der Waals surface area contributed by atoms with Crippen molar-refractivity contribution in [3.05, 3.63) is 18.0 Å². The van der Waals surface area contributed by atoms with Crippen molar-refractivity contribution in [1.82, 2.24) is 19.8 Å². The molecule has 3 rings (SSSR count). The van der Waals surface area contributed by atoms with Gasteiger partial charge in [0.05, 0.1) is 5.60 Å². The van der Waals surface area contributed by atoms with Crippen LogP contribution in [0, 0.1) is 0 Å². The van der Waals surface area contributed by atoms with Crippen molar-refractivity contribution in [1.29, 1.82) is 0 Å². The third kappa shape index (κ3) is 4.19. The summed E-state index contributed by atoms with van der Waals surface area (Å²) in [6.07, 6.45) is 10.1. The normalized spacial score (nSPS) is 23.0. The first kappa shape index (κ1) is 16.2. The highest BCUT2D eigenvalue weighted by molar-refractivity contribution is 7.98. The lowest BCUT2D eigenvalue weighted by atomic mass is 9.90. The Kier molecular flexibility index (Phi) is 5.33. The van der Waals surface area contributed by atoms with E-state index in [1.54, 1.807) is 11.8 Å². The summed E-state index contributed by atoms with van der Waals surface area (Å²) in [6, 6.07) is 0. The third-order valence-electron chi connectivity index (χ3n) is 4.77. The third-order valence-corrected chi connectivity index (χ3v) is 5.35. The van der Waals surface area contributed by atoms with E-state index in [-0.39, 0.29) is 0 Å². The number of hydrogen-bond acceptors (Lipinski definition) is 6. The fraction of sp³-hybridized carbons (Fsp3) is 0.750. The van der Waals surface area contributed by atoms with Gasteiger partial charge in [0.25, 0.3) is 0 Å². The number of hydrogen-bond donors (Lipinski definition) is 1. The van der Waals surface area contributed by atoms with E-state index in [4.69, 9.17) is 0 Å². The van der Waals surface area contributed by atoms with E-state index in [1.807, 2.05) is 18.6 Å². The molecule has 0 saturated carbocycles. The Bertz CT molecular complexity index is 468. The summed E-state index contributed by atoms with van der Waals surface area (Å²) in [5.41, 5.74) is 0.669. The van der Waals surface area contributed by atoms with E-state index < -0.39 is 5.60 Å². The second-order valence-electron chi connectivity index (χ2n) is 6.56. The van der Waals surface area contributed by atoms with Crippen molar-refractivity contribution in [2.24, 2.45) is 0 Å². The molecule has 1 aromatic rings. The molecular weight excluding hydrogens is 296 g/mol. The Morgan fingerprint density at radius 1 is 1.09 bits per heavy atom. The van der Waals surface area contributed by atoms with Crippen LogP contribution in [0.4, 0.5) is 0 Å². The summed E-state index contributed by atoms with van der Waals surface area (Å²) >= 11 is 1.56. The van der Waals surface area contributed by atoms with E-state index in [0.717, 1.165) is 62.8 Å². The predicted octanol–water partition coefficient (Wildman–Crippen LogP) is 1.62. The molecule has 2 fully saturated rings. The van der Waals surface area contributed by atoms with Crippen LogP contribution in [0.25, 0.3) is 0 Å². The lowest BCUT2D eigenvalue weighted by Crippen LogP contribution is -2.50. The molecule has 1 N–H and O–H groups in total. The van der Waals surface area contributed by atoms with Gasteiger partial charge in [-0.3, -0.25) is 4.90 Å². The Labute approximate surface area is 137 Å². The Morgan fingerprint density at radius 2 is 1.73 bits per heavy atom. The smallest absolute Gasteiger partial charge is 0.187 e. The molecule has 5 nitrogen and oxygen atoms in total. The van der Waals surface area contributed by atoms with Crippen LogP contribution >= 0.6 is 11.8 Å². The number of nitrogens with zero attached hydrogens (tertiary/aromatic N) is 4. The molecular formula is C16H26N4OS. The Morgan fingerprint density at radius 3 is 2.32 bits per heavy atom. The maximum atomic E-state index is 10.8. The molecule has 2 saturated heterocycles. The van der Waals surface area contributed by atoms with Gasteiger partial charge in [-0.15, -0.1) is 0 Å². The van der Waals surface area contributed by atoms with Crippen LogP contribution in [0.2, 0.25) is 0 Å². The molecule has 0 spiro atoms. The van der Waals surface area contributed by atoms with Gasteiger partial charge in [0, 0.05) is 44.1 Å². The summed E-state index contributed by atoms with van der Waals surface area (Å²) in [4.78, 5) is 13.5. The highest BCUT2D eigenvalue weighted by Gasteiger charge is 2.34. The van der Waals surface area contributed by atoms with E-state index >= 15 is 0 Å². The molecule has 1 aromatic heterocycles. The molecule has 0 unspecified atom stereocenters. The van der Waals surface area contributed by atoms with Gasteiger partial charge < -0.3 is 10.0 Å². The minimum absolute atomic E-state index is 0.486. The molecule has 6 heteroatoms. The van der Waals surface area contributed by atoms with Gasteiger partial charge in [-0.25, -0.2) is 9.97 Å². The number of aromatic nitrogens is 2. The van der Waals surface area contributed by atoms with E-state index in [1.165, 1.54) is 12.8 Å². The van der Waals surface area contributed by atoms with Crippen LogP contribution in [0.3, 0.4) is 0 Å². The Balaban J connectivity index is 1.48. The van der Waals surface area contributed by atoms with Gasteiger partial charge in [-0.1, -0.05) is 11.8 Å². The summed E-state index contributed by atoms with van der Waals surface area (Å²) in [7, 11) is 0. The number of β-amino-alcohol motifs (C(OH)–C–C–N with tert-alkyl or cyclic N) is 1. The zero-order valence-electron chi connectivity index (χ0n) is 13.4. The number of thioether (sulfide) groups is 1. The Hall–Kier alpha value is -0.690. The van der Waals surface area contributed by atoms with Crippen LogP contribution in [0.1, 0.15) is 31.2 Å². The molecule has 0 aromatic carbocycles. The van der Waals surface area contributed by atoms with Gasteiger partial charge in [0.1, 0.15) is 0 Å². The average Bonchev–Trinajstić information content (AvgIpc) is 3.03. The molecule has 3 heterocycles. The lowest BCUT2D eigenvalue weighted by molar-refractivity contribution is -0.0430. The highest BCUT2D eigenvalue weighted by atomic mass is 32.2. The monoisotopic (exact) mass is 322 g/mol. The first-order chi connectivity index (χ1) is 10.7. The molecule has 0 amide bonds. The number of likely N-dealkylation sites (tertiary alicyclic amines) is 2. The molecule has 0 atom stereocenters. The summed E-state index contributed by atoms with van der Waals surface area (Å²) < 4.78 is 0. The first-order valence-corrected chi connectivity index (χ1v) is 9.41. The first-order valence-electron chi connectivity index (χ1n) is 8.19. The molecule has 2 aliphatic heterocycles. The van der Waals surface area contributed by atoms with E-state index in [2.05, 4.69) is 19.8 Å². The maximum absolute atomic E-state index is 10.8. The number of rotatable bonds is 5. The van der Waals surface area contributed by atoms with Gasteiger partial charge in [0.15, 0.2) is 5.16 Å². The van der Waals surface area contributed by atoms with Crippen LogP contribution in [0.15, 0.2) is 17.6 Å². The van der Waals surface area contributed by atoms with Crippen molar-refractivity contribution in [2.45, 2.75) is 43.0 Å². The van der Waals surface area contributed by atoms with Crippen LogP contribution in [-0.2, 0) is 6.54 Å². The minimum Gasteiger partial charge on any atom is -0.388 e. The SMILES string of the molecule is CSc1ncc(CN2CCC(O)(CN3CCCC3)CC2)cn1. The lowest BCUT2D eigenvalue weighted by Gasteiger charge is -2.40. The van der Waals surface area contributed by atoms with Gasteiger partial charge in [-0.05, 0) is 45.0 Å². The second-order valence-corrected chi connectivity index (χ2v) is 7.34. The zero-order valence-corrected chi connectivity index (χ0v) is 14.2.